The van der Waals surface area contributed by atoms with Gasteiger partial charge < -0.3 is 20.4 Å². The molecule has 5 N–H and O–H groups in total. The quantitative estimate of drug-likeness (QED) is 0.293. The van der Waals surface area contributed by atoms with Crippen LogP contribution in [-0.2, 0) is 24.2 Å². The largest absolute Gasteiger partial charge is 0.479 e. The molecule has 0 heterocycles. The lowest BCUT2D eigenvalue weighted by Crippen LogP contribution is -2.48. The minimum Gasteiger partial charge on any atom is -0.479 e. The minimum atomic E-state index is -5.18. The molecule has 0 rings (SSSR count). The highest BCUT2D eigenvalue weighted by Gasteiger charge is 2.38. The third kappa shape index (κ3) is 5.16. The maximum atomic E-state index is 10.9. The van der Waals surface area contributed by atoms with Crippen molar-refractivity contribution in [1.29, 1.82) is 0 Å². The van der Waals surface area contributed by atoms with Crippen LogP contribution in [0.15, 0.2) is 0 Å². The van der Waals surface area contributed by atoms with E-state index in [9.17, 15) is 18.0 Å². The number of carbonyl (C=O) groups excluding carboxylic acids is 1. The summed E-state index contributed by atoms with van der Waals surface area (Å²) in [6, 6.07) is 0. The van der Waals surface area contributed by atoms with Crippen LogP contribution >= 0.6 is 0 Å². The van der Waals surface area contributed by atoms with Gasteiger partial charge >= 0.3 is 16.4 Å². The van der Waals surface area contributed by atoms with E-state index in [0.29, 0.717) is 0 Å². The van der Waals surface area contributed by atoms with Gasteiger partial charge in [0, 0.05) is 0 Å². The number of carboxylic acid groups (broad SMARTS) is 1. The third-order valence-corrected chi connectivity index (χ3v) is 2.04. The Hall–Kier alpha value is -1.11. The van der Waals surface area contributed by atoms with E-state index in [0.717, 1.165) is 0 Å². The van der Waals surface area contributed by atoms with Crippen molar-refractivity contribution in [2.45, 2.75) is 18.3 Å². The van der Waals surface area contributed by atoms with Gasteiger partial charge in [0.05, 0.1) is 0 Å². The summed E-state index contributed by atoms with van der Waals surface area (Å²) < 4.78 is 32.6. The van der Waals surface area contributed by atoms with E-state index in [4.69, 9.17) is 25.0 Å². The molecule has 0 aliphatic carbocycles. The van der Waals surface area contributed by atoms with Gasteiger partial charge in [0.15, 0.2) is 18.0 Å². The zero-order chi connectivity index (χ0) is 13.8. The van der Waals surface area contributed by atoms with Gasteiger partial charge in [-0.1, -0.05) is 0 Å². The van der Waals surface area contributed by atoms with Crippen molar-refractivity contribution in [2.75, 3.05) is 6.61 Å². The maximum Gasteiger partial charge on any atom is 0.398 e. The zero-order valence-corrected chi connectivity index (χ0v) is 8.94. The number of aliphatic carboxylic acids is 1. The number of aliphatic hydroxyl groups is 3. The monoisotopic (exact) mass is 274 g/mol. The maximum absolute atomic E-state index is 10.9. The molecule has 0 aromatic heterocycles. The molecule has 0 aliphatic rings. The Bertz CT molecular complexity index is 386. The fourth-order valence-electron chi connectivity index (χ4n) is 0.834. The number of hydrogen-bond acceptors (Lipinski definition) is 8. The first-order chi connectivity index (χ1) is 7.60. The lowest BCUT2D eigenvalue weighted by molar-refractivity contribution is -0.159. The van der Waals surface area contributed by atoms with Gasteiger partial charge in [-0.2, -0.15) is 8.42 Å². The summed E-state index contributed by atoms with van der Waals surface area (Å²) in [5.74, 6) is -3.39. The summed E-state index contributed by atoms with van der Waals surface area (Å²) in [5, 5.41) is 34.7. The third-order valence-electron chi connectivity index (χ3n) is 1.59. The second kappa shape index (κ2) is 6.00. The van der Waals surface area contributed by atoms with E-state index in [1.807, 2.05) is 0 Å². The molecule has 0 unspecified atom stereocenters. The van der Waals surface area contributed by atoms with Crippen LogP contribution in [-0.4, -0.2) is 70.1 Å². The van der Waals surface area contributed by atoms with Gasteiger partial charge in [-0.3, -0.25) is 9.35 Å². The van der Waals surface area contributed by atoms with Crippen LogP contribution in [0, 0.1) is 0 Å². The van der Waals surface area contributed by atoms with E-state index >= 15 is 0 Å². The molecule has 0 aromatic carbocycles. The van der Waals surface area contributed by atoms with E-state index in [2.05, 4.69) is 4.18 Å². The Labute approximate surface area is 95.0 Å². The molecule has 0 fully saturated rings. The van der Waals surface area contributed by atoms with Crippen molar-refractivity contribution in [2.24, 2.45) is 0 Å². The highest BCUT2D eigenvalue weighted by molar-refractivity contribution is 7.80. The topological polar surface area (TPSA) is 179 Å². The van der Waals surface area contributed by atoms with Crippen LogP contribution in [0.1, 0.15) is 0 Å². The number of carboxylic acids is 1. The predicted octanol–water partition coefficient (Wildman–Crippen LogP) is -3.46. The average Bonchev–Trinajstić information content (AvgIpc) is 2.21. The summed E-state index contributed by atoms with van der Waals surface area (Å²) in [6.07, 6.45) is -7.44. The number of aliphatic hydroxyl groups excluding tert-OH is 3. The van der Waals surface area contributed by atoms with E-state index < -0.39 is 47.1 Å². The highest BCUT2D eigenvalue weighted by atomic mass is 32.3. The second-order valence-corrected chi connectivity index (χ2v) is 3.89. The predicted molar refractivity (Wildman–Crippen MR) is 48.2 cm³/mol. The van der Waals surface area contributed by atoms with Gasteiger partial charge in [0.1, 0.15) is 12.7 Å². The summed E-state index contributed by atoms with van der Waals surface area (Å²) in [4.78, 5) is 21.2. The summed E-state index contributed by atoms with van der Waals surface area (Å²) in [7, 11) is -5.18. The zero-order valence-electron chi connectivity index (χ0n) is 8.12. The molecule has 0 saturated carbocycles. The van der Waals surface area contributed by atoms with Gasteiger partial charge in [-0.15, -0.1) is 0 Å². The lowest BCUT2D eigenvalue weighted by atomic mass is 10.1. The summed E-state index contributed by atoms with van der Waals surface area (Å²) >= 11 is 0. The number of rotatable bonds is 7. The molecule has 0 radical (unpaired) electrons. The Kier molecular flexibility index (Phi) is 5.60. The number of carbonyl (C=O) groups is 2. The van der Waals surface area contributed by atoms with Crippen molar-refractivity contribution in [1.82, 2.24) is 0 Å². The van der Waals surface area contributed by atoms with Gasteiger partial charge in [0.2, 0.25) is 0 Å². The average molecular weight is 274 g/mol. The first-order valence-corrected chi connectivity index (χ1v) is 5.35. The van der Waals surface area contributed by atoms with Crippen LogP contribution in [0.4, 0.5) is 0 Å². The lowest BCUT2D eigenvalue weighted by Gasteiger charge is -2.21. The Morgan fingerprint density at radius 3 is 2.00 bits per heavy atom. The van der Waals surface area contributed by atoms with Crippen molar-refractivity contribution < 1.29 is 47.2 Å². The molecule has 17 heavy (non-hydrogen) atoms. The molecule has 0 spiro atoms. The van der Waals surface area contributed by atoms with Crippen LogP contribution < -0.4 is 0 Å². The van der Waals surface area contributed by atoms with E-state index in [1.54, 1.807) is 0 Å². The molecule has 0 amide bonds. The van der Waals surface area contributed by atoms with Gasteiger partial charge in [-0.05, 0) is 0 Å². The van der Waals surface area contributed by atoms with Gasteiger partial charge in [-0.25, -0.2) is 8.98 Å². The molecular weight excluding hydrogens is 264 g/mol. The Balaban J connectivity index is 5.05. The standard InChI is InChI=1S/C6H10O10S/c7-1-2(8)5(16-17(13,14)15)3(9)4(10)6(11)12/h3-5,7,9-10H,1H2,(H,11,12)(H,13,14,15)/t3-,4+,5-/m1/s1. The molecular formula is C6H10O10S. The van der Waals surface area contributed by atoms with Crippen LogP contribution in [0.2, 0.25) is 0 Å². The fraction of sp³-hybridized carbons (Fsp3) is 0.667. The molecule has 0 aromatic rings. The van der Waals surface area contributed by atoms with Crippen LogP contribution in [0.5, 0.6) is 0 Å². The van der Waals surface area contributed by atoms with E-state index in [1.165, 1.54) is 0 Å². The molecule has 10 nitrogen and oxygen atoms in total. The fourth-order valence-corrected chi connectivity index (χ4v) is 1.32. The van der Waals surface area contributed by atoms with Crippen molar-refractivity contribution in [3.8, 4) is 0 Å². The van der Waals surface area contributed by atoms with Crippen molar-refractivity contribution >= 4 is 22.2 Å². The van der Waals surface area contributed by atoms with Crippen molar-refractivity contribution in [3.63, 3.8) is 0 Å². The Morgan fingerprint density at radius 1 is 1.24 bits per heavy atom. The number of ketones is 1. The molecule has 11 heteroatoms. The minimum absolute atomic E-state index is 1.29. The molecule has 3 atom stereocenters. The van der Waals surface area contributed by atoms with Crippen molar-refractivity contribution in [3.05, 3.63) is 0 Å². The molecule has 0 saturated heterocycles. The smallest absolute Gasteiger partial charge is 0.398 e. The Morgan fingerprint density at radius 2 is 1.71 bits per heavy atom. The van der Waals surface area contributed by atoms with Crippen LogP contribution in [0.25, 0.3) is 0 Å². The van der Waals surface area contributed by atoms with E-state index in [-0.39, 0.29) is 0 Å². The number of Topliss-reactive ketones (excluding diaryl/α,β-unsaturated/α-hetero) is 1. The number of hydrogen-bond donors (Lipinski definition) is 5. The van der Waals surface area contributed by atoms with Gasteiger partial charge in [0.25, 0.3) is 0 Å². The summed E-state index contributed by atoms with van der Waals surface area (Å²) in [5.41, 5.74) is 0. The normalized spacial score (nSPS) is 17.2. The summed E-state index contributed by atoms with van der Waals surface area (Å²) in [6.45, 7) is -1.29. The first kappa shape index (κ1) is 15.9. The molecule has 0 aliphatic heterocycles. The molecule has 0 bridgehead atoms. The second-order valence-electron chi connectivity index (χ2n) is 2.84. The molecule has 100 valence electrons. The van der Waals surface area contributed by atoms with Crippen LogP contribution in [0.3, 0.4) is 0 Å². The SMILES string of the molecule is O=C(O)[C@@H](O)[C@@H](O)[C@H](OS(=O)(=O)O)C(=O)CO. The first-order valence-electron chi connectivity index (χ1n) is 3.98. The highest BCUT2D eigenvalue weighted by Crippen LogP contribution is 2.09.